The van der Waals surface area contributed by atoms with Gasteiger partial charge in [-0.1, -0.05) is 23.5 Å². The second-order valence-corrected chi connectivity index (χ2v) is 6.70. The lowest BCUT2D eigenvalue weighted by Crippen LogP contribution is -2.14. The van der Waals surface area contributed by atoms with Gasteiger partial charge in [0.15, 0.2) is 4.34 Å². The lowest BCUT2D eigenvalue weighted by atomic mass is 10.2. The Kier molecular flexibility index (Phi) is 6.34. The average molecular weight is 357 g/mol. The Morgan fingerprint density at radius 1 is 1.36 bits per heavy atom. The zero-order valence-corrected chi connectivity index (χ0v) is 14.7. The number of hydrogen-bond acceptors (Lipinski definition) is 8. The third-order valence-corrected chi connectivity index (χ3v) is 5.08. The summed E-state index contributed by atoms with van der Waals surface area (Å²) in [6, 6.07) is 5.24. The molecule has 1 N–H and O–H groups in total. The van der Waals surface area contributed by atoms with E-state index in [9.17, 15) is 4.79 Å². The zero-order valence-electron chi connectivity index (χ0n) is 12.3. The van der Waals surface area contributed by atoms with E-state index in [4.69, 9.17) is 9.47 Å². The average Bonchev–Trinajstić information content (AvgIpc) is 3.01. The van der Waals surface area contributed by atoms with Crippen LogP contribution in [0.15, 0.2) is 27.7 Å². The lowest BCUT2D eigenvalue weighted by Gasteiger charge is -2.11. The molecule has 22 heavy (non-hydrogen) atoms. The SMILES string of the molecule is COc1ccc(OC)c(NC(=O)CSc2nc(SC)ns2)c1. The number of nitrogens with zero attached hydrogens (tertiary/aromatic N) is 2. The Labute approximate surface area is 141 Å². The number of ether oxygens (including phenoxy) is 2. The van der Waals surface area contributed by atoms with Crippen molar-refractivity contribution in [2.75, 3.05) is 31.5 Å². The Morgan fingerprint density at radius 2 is 2.18 bits per heavy atom. The smallest absolute Gasteiger partial charge is 0.234 e. The summed E-state index contributed by atoms with van der Waals surface area (Å²) in [4.78, 5) is 16.3. The standard InChI is InChI=1S/C13H15N3O3S3/c1-18-8-4-5-10(19-2)9(6-8)14-11(17)7-21-13-15-12(20-3)16-22-13/h4-6H,7H2,1-3H3,(H,14,17). The van der Waals surface area contributed by atoms with Crippen molar-refractivity contribution in [2.24, 2.45) is 0 Å². The Morgan fingerprint density at radius 3 is 2.82 bits per heavy atom. The minimum atomic E-state index is -0.141. The molecule has 0 radical (unpaired) electrons. The van der Waals surface area contributed by atoms with Gasteiger partial charge in [0.05, 0.1) is 25.7 Å². The Hall–Kier alpha value is -1.45. The molecule has 6 nitrogen and oxygen atoms in total. The maximum atomic E-state index is 12.1. The van der Waals surface area contributed by atoms with Crippen molar-refractivity contribution in [1.82, 2.24) is 9.36 Å². The van der Waals surface area contributed by atoms with Crippen LogP contribution in [0.1, 0.15) is 0 Å². The van der Waals surface area contributed by atoms with Gasteiger partial charge in [-0.2, -0.15) is 4.37 Å². The number of hydrogen-bond donors (Lipinski definition) is 1. The molecule has 0 saturated carbocycles. The van der Waals surface area contributed by atoms with Crippen LogP contribution in [0.25, 0.3) is 0 Å². The fourth-order valence-corrected chi connectivity index (χ4v) is 3.57. The van der Waals surface area contributed by atoms with Gasteiger partial charge in [0.1, 0.15) is 11.5 Å². The summed E-state index contributed by atoms with van der Waals surface area (Å²) in [5, 5.41) is 3.54. The fourth-order valence-electron chi connectivity index (χ4n) is 1.56. The summed E-state index contributed by atoms with van der Waals surface area (Å²) < 4.78 is 15.3. The van der Waals surface area contributed by atoms with Gasteiger partial charge in [0.25, 0.3) is 0 Å². The first-order chi connectivity index (χ1) is 10.7. The maximum absolute atomic E-state index is 12.1. The second kappa shape index (κ2) is 8.25. The highest BCUT2D eigenvalue weighted by atomic mass is 32.2. The van der Waals surface area contributed by atoms with E-state index in [-0.39, 0.29) is 11.7 Å². The minimum Gasteiger partial charge on any atom is -0.497 e. The van der Waals surface area contributed by atoms with E-state index in [0.717, 1.165) is 9.50 Å². The maximum Gasteiger partial charge on any atom is 0.234 e. The van der Waals surface area contributed by atoms with Crippen molar-refractivity contribution < 1.29 is 14.3 Å². The molecule has 0 unspecified atom stereocenters. The largest absolute Gasteiger partial charge is 0.497 e. The minimum absolute atomic E-state index is 0.141. The van der Waals surface area contributed by atoms with Crippen molar-refractivity contribution in [3.05, 3.63) is 18.2 Å². The number of aromatic nitrogens is 2. The van der Waals surface area contributed by atoms with Gasteiger partial charge in [-0.05, 0) is 29.9 Å². The van der Waals surface area contributed by atoms with E-state index < -0.39 is 0 Å². The van der Waals surface area contributed by atoms with Crippen molar-refractivity contribution >= 4 is 46.7 Å². The predicted molar refractivity (Wildman–Crippen MR) is 90.6 cm³/mol. The van der Waals surface area contributed by atoms with Crippen molar-refractivity contribution in [2.45, 2.75) is 9.50 Å². The summed E-state index contributed by atoms with van der Waals surface area (Å²) in [6.45, 7) is 0. The number of benzene rings is 1. The first-order valence-electron chi connectivity index (χ1n) is 6.18. The number of carbonyl (C=O) groups is 1. The van der Waals surface area contributed by atoms with Crippen LogP contribution in [-0.4, -0.2) is 41.5 Å². The van der Waals surface area contributed by atoms with Crippen LogP contribution in [0.5, 0.6) is 11.5 Å². The lowest BCUT2D eigenvalue weighted by molar-refractivity contribution is -0.113. The first-order valence-corrected chi connectivity index (χ1v) is 9.17. The quantitative estimate of drug-likeness (QED) is 0.764. The number of methoxy groups -OCH3 is 2. The third kappa shape index (κ3) is 4.52. The molecule has 0 aliphatic rings. The van der Waals surface area contributed by atoms with Crippen LogP contribution in [0.2, 0.25) is 0 Å². The summed E-state index contributed by atoms with van der Waals surface area (Å²) in [5.74, 6) is 1.35. The highest BCUT2D eigenvalue weighted by Gasteiger charge is 2.11. The van der Waals surface area contributed by atoms with Gasteiger partial charge in [-0.25, -0.2) is 4.98 Å². The molecule has 0 aliphatic heterocycles. The van der Waals surface area contributed by atoms with Gasteiger partial charge < -0.3 is 14.8 Å². The number of rotatable bonds is 7. The highest BCUT2D eigenvalue weighted by molar-refractivity contribution is 8.01. The van der Waals surface area contributed by atoms with Crippen LogP contribution < -0.4 is 14.8 Å². The summed E-state index contributed by atoms with van der Waals surface area (Å²) in [7, 11) is 3.12. The molecule has 0 fully saturated rings. The van der Waals surface area contributed by atoms with E-state index in [1.54, 1.807) is 32.4 Å². The Bertz CT molecular complexity index is 648. The van der Waals surface area contributed by atoms with Crippen LogP contribution >= 0.6 is 35.1 Å². The van der Waals surface area contributed by atoms with Crippen LogP contribution in [0, 0.1) is 0 Å². The summed E-state index contributed by atoms with van der Waals surface area (Å²) >= 11 is 4.13. The Balaban J connectivity index is 1.96. The molecule has 0 saturated heterocycles. The van der Waals surface area contributed by atoms with Gasteiger partial charge in [0, 0.05) is 6.07 Å². The fraction of sp³-hybridized carbons (Fsp3) is 0.308. The molecule has 1 heterocycles. The molecule has 0 aliphatic carbocycles. The van der Waals surface area contributed by atoms with Gasteiger partial charge >= 0.3 is 0 Å². The number of nitrogens with one attached hydrogen (secondary N) is 1. The predicted octanol–water partition coefficient (Wildman–Crippen LogP) is 3.01. The molecule has 1 aromatic heterocycles. The van der Waals surface area contributed by atoms with E-state index in [0.29, 0.717) is 17.2 Å². The molecule has 118 valence electrons. The number of thioether (sulfide) groups is 2. The molecule has 2 aromatic rings. The van der Waals surface area contributed by atoms with Gasteiger partial charge in [-0.3, -0.25) is 4.79 Å². The van der Waals surface area contributed by atoms with Crippen molar-refractivity contribution in [3.63, 3.8) is 0 Å². The molecule has 1 amide bonds. The normalized spacial score (nSPS) is 10.3. The van der Waals surface area contributed by atoms with E-state index in [1.165, 1.54) is 35.1 Å². The molecule has 1 aromatic carbocycles. The molecule has 0 bridgehead atoms. The molecule has 9 heteroatoms. The topological polar surface area (TPSA) is 73.3 Å². The van der Waals surface area contributed by atoms with Crippen LogP contribution in [0.3, 0.4) is 0 Å². The number of amides is 1. The number of carbonyl (C=O) groups excluding carboxylic acids is 1. The zero-order chi connectivity index (χ0) is 15.9. The molecule has 0 spiro atoms. The molecular formula is C13H15N3O3S3. The molecule has 0 atom stereocenters. The van der Waals surface area contributed by atoms with E-state index in [1.807, 2.05) is 6.26 Å². The van der Waals surface area contributed by atoms with Crippen LogP contribution in [0.4, 0.5) is 5.69 Å². The highest BCUT2D eigenvalue weighted by Crippen LogP contribution is 2.29. The summed E-state index contributed by atoms with van der Waals surface area (Å²) in [6.07, 6.45) is 1.91. The van der Waals surface area contributed by atoms with E-state index >= 15 is 0 Å². The second-order valence-electron chi connectivity index (χ2n) is 3.95. The van der Waals surface area contributed by atoms with E-state index in [2.05, 4.69) is 14.7 Å². The van der Waals surface area contributed by atoms with Crippen molar-refractivity contribution in [1.29, 1.82) is 0 Å². The monoisotopic (exact) mass is 357 g/mol. The molecule has 2 rings (SSSR count). The van der Waals surface area contributed by atoms with Crippen LogP contribution in [-0.2, 0) is 4.79 Å². The van der Waals surface area contributed by atoms with Crippen molar-refractivity contribution in [3.8, 4) is 11.5 Å². The third-order valence-electron chi connectivity index (χ3n) is 2.58. The molecular weight excluding hydrogens is 342 g/mol. The van der Waals surface area contributed by atoms with Gasteiger partial charge in [0.2, 0.25) is 11.1 Å². The first kappa shape index (κ1) is 16.9. The summed E-state index contributed by atoms with van der Waals surface area (Å²) in [5.41, 5.74) is 0.578. The van der Waals surface area contributed by atoms with Gasteiger partial charge in [-0.15, -0.1) is 0 Å². The number of anilines is 1.